The van der Waals surface area contributed by atoms with E-state index in [2.05, 4.69) is 154 Å². The molecular weight excluding hydrogens is 492 g/mol. The number of hydrogen-bond donors (Lipinski definition) is 0. The Hall–Kier alpha value is -4.86. The van der Waals surface area contributed by atoms with Crippen LogP contribution in [0.1, 0.15) is 0 Å². The lowest BCUT2D eigenvalue weighted by atomic mass is 10.1. The van der Waals surface area contributed by atoms with E-state index in [1.54, 1.807) is 0 Å². The second-order valence-corrected chi connectivity index (χ2v) is 10.8. The molecule has 0 bridgehead atoms. The standard InChI is InChI=1S/C36H24N2S/c1-2-11-27(12-3-1)37(33-16-8-10-25-9-4-5-13-30(25)33)28-18-20-29(21-19-28)38-34-15-7-6-14-31(34)32-22-17-26-23-24-39-36(26)35(32)38/h1-24H. The molecule has 0 aliphatic rings. The third-order valence-corrected chi connectivity index (χ3v) is 8.58. The topological polar surface area (TPSA) is 8.17 Å². The van der Waals surface area contributed by atoms with Crippen LogP contribution in [0.3, 0.4) is 0 Å². The maximum atomic E-state index is 2.43. The Labute approximate surface area is 230 Å². The number of para-hydroxylation sites is 2. The predicted molar refractivity (Wildman–Crippen MR) is 168 cm³/mol. The van der Waals surface area contributed by atoms with Gasteiger partial charge in [0.05, 0.1) is 21.4 Å². The molecule has 0 aliphatic carbocycles. The molecular formula is C36H24N2S. The molecule has 0 aliphatic heterocycles. The summed E-state index contributed by atoms with van der Waals surface area (Å²) in [5, 5.41) is 8.53. The molecule has 0 amide bonds. The van der Waals surface area contributed by atoms with Crippen LogP contribution in [-0.2, 0) is 0 Å². The fourth-order valence-electron chi connectivity index (χ4n) is 5.90. The Kier molecular flexibility index (Phi) is 5.04. The van der Waals surface area contributed by atoms with Crippen molar-refractivity contribution >= 4 is 71.1 Å². The number of rotatable bonds is 4. The highest BCUT2D eigenvalue weighted by molar-refractivity contribution is 7.18. The van der Waals surface area contributed by atoms with Crippen LogP contribution in [0.15, 0.2) is 145 Å². The fraction of sp³-hybridized carbons (Fsp3) is 0. The summed E-state index contributed by atoms with van der Waals surface area (Å²) < 4.78 is 3.76. The van der Waals surface area contributed by atoms with E-state index in [0.717, 1.165) is 17.1 Å². The third kappa shape index (κ3) is 3.48. The lowest BCUT2D eigenvalue weighted by Gasteiger charge is -2.27. The van der Waals surface area contributed by atoms with E-state index in [-0.39, 0.29) is 0 Å². The second kappa shape index (κ2) is 8.87. The van der Waals surface area contributed by atoms with Gasteiger partial charge < -0.3 is 9.47 Å². The van der Waals surface area contributed by atoms with Gasteiger partial charge in [0.15, 0.2) is 0 Å². The van der Waals surface area contributed by atoms with Crippen LogP contribution < -0.4 is 4.90 Å². The molecule has 0 N–H and O–H groups in total. The summed E-state index contributed by atoms with van der Waals surface area (Å²) in [5.41, 5.74) is 7.11. The van der Waals surface area contributed by atoms with E-state index < -0.39 is 0 Å². The summed E-state index contributed by atoms with van der Waals surface area (Å²) in [7, 11) is 0. The number of benzene rings is 6. The fourth-order valence-corrected chi connectivity index (χ4v) is 6.84. The Balaban J connectivity index is 1.34. The first-order valence-electron chi connectivity index (χ1n) is 13.2. The van der Waals surface area contributed by atoms with Crippen molar-refractivity contribution in [3.63, 3.8) is 0 Å². The zero-order valence-corrected chi connectivity index (χ0v) is 22.0. The predicted octanol–water partition coefficient (Wildman–Crippen LogP) is 10.6. The zero-order valence-electron chi connectivity index (χ0n) is 21.2. The van der Waals surface area contributed by atoms with E-state index in [1.807, 2.05) is 11.3 Å². The van der Waals surface area contributed by atoms with Crippen LogP contribution in [-0.4, -0.2) is 4.57 Å². The molecule has 0 spiro atoms. The highest BCUT2D eigenvalue weighted by Crippen LogP contribution is 2.41. The number of aromatic nitrogens is 1. The summed E-state index contributed by atoms with van der Waals surface area (Å²) in [4.78, 5) is 2.36. The molecule has 0 saturated heterocycles. The van der Waals surface area contributed by atoms with Gasteiger partial charge in [-0.05, 0) is 70.7 Å². The van der Waals surface area contributed by atoms with Crippen molar-refractivity contribution in [2.45, 2.75) is 0 Å². The quantitative estimate of drug-likeness (QED) is 0.226. The zero-order chi connectivity index (χ0) is 25.8. The largest absolute Gasteiger partial charge is 0.310 e. The number of anilines is 3. The molecule has 0 radical (unpaired) electrons. The SMILES string of the molecule is c1ccc(N(c2ccc(-n3c4ccccc4c4ccc5ccsc5c43)cc2)c2cccc3ccccc23)cc1. The normalized spacial score (nSPS) is 11.6. The molecule has 184 valence electrons. The molecule has 8 rings (SSSR count). The van der Waals surface area contributed by atoms with Crippen LogP contribution >= 0.6 is 11.3 Å². The number of hydrogen-bond acceptors (Lipinski definition) is 2. The van der Waals surface area contributed by atoms with Gasteiger partial charge in [-0.3, -0.25) is 0 Å². The third-order valence-electron chi connectivity index (χ3n) is 7.64. The molecule has 0 saturated carbocycles. The summed E-state index contributed by atoms with van der Waals surface area (Å²) in [6.07, 6.45) is 0. The first-order valence-corrected chi connectivity index (χ1v) is 14.1. The van der Waals surface area contributed by atoms with Gasteiger partial charge in [-0.1, -0.05) is 84.9 Å². The van der Waals surface area contributed by atoms with Crippen LogP contribution in [0.2, 0.25) is 0 Å². The second-order valence-electron chi connectivity index (χ2n) is 9.84. The molecule has 2 aromatic heterocycles. The van der Waals surface area contributed by atoms with Crippen molar-refractivity contribution in [3.05, 3.63) is 145 Å². The van der Waals surface area contributed by atoms with Gasteiger partial charge >= 0.3 is 0 Å². The van der Waals surface area contributed by atoms with E-state index in [4.69, 9.17) is 0 Å². The molecule has 2 heterocycles. The smallest absolute Gasteiger partial charge is 0.0719 e. The van der Waals surface area contributed by atoms with Crippen LogP contribution in [0, 0.1) is 0 Å². The van der Waals surface area contributed by atoms with E-state index in [0.29, 0.717) is 0 Å². The molecule has 3 heteroatoms. The lowest BCUT2D eigenvalue weighted by Crippen LogP contribution is -2.10. The average Bonchev–Trinajstić information content (AvgIpc) is 3.61. The van der Waals surface area contributed by atoms with Gasteiger partial charge in [0, 0.05) is 33.2 Å². The van der Waals surface area contributed by atoms with E-state index >= 15 is 0 Å². The summed E-state index contributed by atoms with van der Waals surface area (Å²) in [6, 6.07) is 50.3. The summed E-state index contributed by atoms with van der Waals surface area (Å²) in [6.45, 7) is 0. The molecule has 8 aromatic rings. The minimum absolute atomic E-state index is 1.13. The Bertz CT molecular complexity index is 2110. The molecule has 0 fully saturated rings. The van der Waals surface area contributed by atoms with Crippen molar-refractivity contribution in [3.8, 4) is 5.69 Å². The van der Waals surface area contributed by atoms with Gasteiger partial charge in [-0.15, -0.1) is 11.3 Å². The highest BCUT2D eigenvalue weighted by atomic mass is 32.1. The van der Waals surface area contributed by atoms with Gasteiger partial charge in [0.25, 0.3) is 0 Å². The monoisotopic (exact) mass is 516 g/mol. The van der Waals surface area contributed by atoms with Crippen molar-refractivity contribution in [2.75, 3.05) is 4.90 Å². The van der Waals surface area contributed by atoms with Crippen LogP contribution in [0.5, 0.6) is 0 Å². The lowest BCUT2D eigenvalue weighted by molar-refractivity contribution is 1.18. The van der Waals surface area contributed by atoms with Crippen molar-refractivity contribution in [2.24, 2.45) is 0 Å². The Morgan fingerprint density at radius 1 is 0.487 bits per heavy atom. The number of nitrogens with zero attached hydrogens (tertiary/aromatic N) is 2. The number of fused-ring (bicyclic) bond motifs is 6. The number of thiophene rings is 1. The van der Waals surface area contributed by atoms with Crippen LogP contribution in [0.25, 0.3) is 48.4 Å². The minimum Gasteiger partial charge on any atom is -0.310 e. The van der Waals surface area contributed by atoms with Gasteiger partial charge in [0.2, 0.25) is 0 Å². The first kappa shape index (κ1) is 22.2. The van der Waals surface area contributed by atoms with Gasteiger partial charge in [-0.2, -0.15) is 0 Å². The summed E-state index contributed by atoms with van der Waals surface area (Å²) in [5.74, 6) is 0. The van der Waals surface area contributed by atoms with Crippen molar-refractivity contribution in [1.82, 2.24) is 4.57 Å². The van der Waals surface area contributed by atoms with E-state index in [9.17, 15) is 0 Å². The minimum atomic E-state index is 1.13. The highest BCUT2D eigenvalue weighted by Gasteiger charge is 2.18. The van der Waals surface area contributed by atoms with Gasteiger partial charge in [-0.25, -0.2) is 0 Å². The molecule has 0 atom stereocenters. The van der Waals surface area contributed by atoms with E-state index in [1.165, 1.54) is 48.4 Å². The van der Waals surface area contributed by atoms with Crippen LogP contribution in [0.4, 0.5) is 17.1 Å². The average molecular weight is 517 g/mol. The Morgan fingerprint density at radius 2 is 1.21 bits per heavy atom. The molecule has 39 heavy (non-hydrogen) atoms. The molecule has 6 aromatic carbocycles. The Morgan fingerprint density at radius 3 is 2.08 bits per heavy atom. The maximum Gasteiger partial charge on any atom is 0.0719 e. The maximum absolute atomic E-state index is 2.43. The van der Waals surface area contributed by atoms with Crippen molar-refractivity contribution < 1.29 is 0 Å². The van der Waals surface area contributed by atoms with Gasteiger partial charge in [0.1, 0.15) is 0 Å². The summed E-state index contributed by atoms with van der Waals surface area (Å²) >= 11 is 1.82. The molecule has 0 unspecified atom stereocenters. The van der Waals surface area contributed by atoms with Crippen molar-refractivity contribution in [1.29, 1.82) is 0 Å². The first-order chi connectivity index (χ1) is 19.4. The molecule has 2 nitrogen and oxygen atoms in total.